The molecule has 1 N–H and O–H groups in total. The van der Waals surface area contributed by atoms with Crippen LogP contribution in [0.2, 0.25) is 0 Å². The largest absolute Gasteiger partial charge is 0.496 e. The van der Waals surface area contributed by atoms with Crippen LogP contribution >= 0.6 is 15.9 Å². The van der Waals surface area contributed by atoms with Crippen molar-refractivity contribution in [2.75, 3.05) is 12.4 Å². The van der Waals surface area contributed by atoms with Crippen molar-refractivity contribution in [1.82, 2.24) is 14.6 Å². The Hall–Kier alpha value is -2.68. The highest BCUT2D eigenvalue weighted by molar-refractivity contribution is 9.10. The van der Waals surface area contributed by atoms with Gasteiger partial charge in [-0.1, -0.05) is 15.7 Å². The zero-order valence-corrected chi connectivity index (χ0v) is 14.5. The van der Waals surface area contributed by atoms with Gasteiger partial charge in [-0.3, -0.25) is 0 Å². The van der Waals surface area contributed by atoms with Gasteiger partial charge in [0.2, 0.25) is 5.65 Å². The molecule has 1 aromatic carbocycles. The van der Waals surface area contributed by atoms with Gasteiger partial charge in [-0.25, -0.2) is 4.98 Å². The number of rotatable bonds is 5. The summed E-state index contributed by atoms with van der Waals surface area (Å²) in [5.74, 6) is 1.09. The first-order valence-electron chi connectivity index (χ1n) is 7.08. The van der Waals surface area contributed by atoms with E-state index in [1.165, 1.54) is 10.7 Å². The number of fused-ring (bicyclic) bond motifs is 1. The molecule has 1 atom stereocenters. The van der Waals surface area contributed by atoms with Crippen LogP contribution in [0.4, 0.5) is 11.6 Å². The predicted molar refractivity (Wildman–Crippen MR) is 92.4 cm³/mol. The van der Waals surface area contributed by atoms with E-state index in [1.807, 2.05) is 25.1 Å². The third-order valence-corrected chi connectivity index (χ3v) is 4.19. The lowest BCUT2D eigenvalue weighted by molar-refractivity contribution is -0.391. The number of hydrogen-bond donors (Lipinski definition) is 1. The fourth-order valence-corrected chi connectivity index (χ4v) is 2.88. The molecule has 0 amide bonds. The van der Waals surface area contributed by atoms with Crippen molar-refractivity contribution in [2.24, 2.45) is 0 Å². The van der Waals surface area contributed by atoms with Gasteiger partial charge in [-0.05, 0) is 51.5 Å². The summed E-state index contributed by atoms with van der Waals surface area (Å²) in [6.07, 6.45) is 1.19. The molecule has 3 aromatic rings. The molecule has 24 heavy (non-hydrogen) atoms. The van der Waals surface area contributed by atoms with Crippen LogP contribution < -0.4 is 10.1 Å². The van der Waals surface area contributed by atoms with E-state index in [1.54, 1.807) is 19.2 Å². The van der Waals surface area contributed by atoms with E-state index in [0.717, 1.165) is 15.8 Å². The molecule has 9 heteroatoms. The number of imidazole rings is 1. The Labute approximate surface area is 145 Å². The second-order valence-electron chi connectivity index (χ2n) is 5.12. The molecule has 0 aliphatic carbocycles. The highest BCUT2D eigenvalue weighted by atomic mass is 79.9. The Bertz CT molecular complexity index is 911. The van der Waals surface area contributed by atoms with Crippen LogP contribution in [-0.4, -0.2) is 26.6 Å². The molecular formula is C15H14BrN5O3. The summed E-state index contributed by atoms with van der Waals surface area (Å²) < 4.78 is 7.28. The quantitative estimate of drug-likeness (QED) is 0.527. The molecule has 0 fully saturated rings. The third kappa shape index (κ3) is 3.02. The Balaban J connectivity index is 1.87. The normalized spacial score (nSPS) is 12.1. The first kappa shape index (κ1) is 16.2. The molecule has 8 nitrogen and oxygen atoms in total. The molecule has 0 spiro atoms. The molecule has 2 aromatic heterocycles. The number of anilines is 1. The lowest BCUT2D eigenvalue weighted by atomic mass is 10.1. The van der Waals surface area contributed by atoms with Crippen molar-refractivity contribution in [1.29, 1.82) is 0 Å². The van der Waals surface area contributed by atoms with E-state index in [4.69, 9.17) is 4.74 Å². The topological polar surface area (TPSA) is 94.6 Å². The fourth-order valence-electron chi connectivity index (χ4n) is 2.32. The second kappa shape index (κ2) is 6.44. The average molecular weight is 392 g/mol. The van der Waals surface area contributed by atoms with E-state index in [0.29, 0.717) is 11.5 Å². The molecule has 2 heterocycles. The van der Waals surface area contributed by atoms with E-state index < -0.39 is 4.92 Å². The average Bonchev–Trinajstić information content (AvgIpc) is 2.98. The molecule has 0 saturated heterocycles. The Morgan fingerprint density at radius 2 is 2.17 bits per heavy atom. The third-order valence-electron chi connectivity index (χ3n) is 3.57. The summed E-state index contributed by atoms with van der Waals surface area (Å²) in [7, 11) is 1.61. The predicted octanol–water partition coefficient (Wildman–Crippen LogP) is 3.58. The molecule has 0 aliphatic heterocycles. The van der Waals surface area contributed by atoms with Crippen molar-refractivity contribution in [3.8, 4) is 5.75 Å². The molecule has 1 unspecified atom stereocenters. The van der Waals surface area contributed by atoms with E-state index >= 15 is 0 Å². The highest BCUT2D eigenvalue weighted by Crippen LogP contribution is 2.29. The molecule has 0 saturated carbocycles. The van der Waals surface area contributed by atoms with E-state index in [9.17, 15) is 10.1 Å². The van der Waals surface area contributed by atoms with Crippen LogP contribution in [0.3, 0.4) is 0 Å². The van der Waals surface area contributed by atoms with Gasteiger partial charge in [0, 0.05) is 6.07 Å². The van der Waals surface area contributed by atoms with Crippen molar-refractivity contribution in [3.63, 3.8) is 0 Å². The summed E-state index contributed by atoms with van der Waals surface area (Å²) in [6, 6.07) is 9.13. The van der Waals surface area contributed by atoms with Crippen molar-refractivity contribution in [2.45, 2.75) is 13.0 Å². The monoisotopic (exact) mass is 391 g/mol. The number of aromatic nitrogens is 3. The van der Waals surface area contributed by atoms with Crippen molar-refractivity contribution < 1.29 is 9.66 Å². The summed E-state index contributed by atoms with van der Waals surface area (Å²) in [5, 5.41) is 18.5. The maximum absolute atomic E-state index is 11.0. The number of benzene rings is 1. The molecule has 0 aliphatic rings. The summed E-state index contributed by atoms with van der Waals surface area (Å²) in [5.41, 5.74) is 1.44. The van der Waals surface area contributed by atoms with Gasteiger partial charge in [0.15, 0.2) is 5.82 Å². The van der Waals surface area contributed by atoms with E-state index in [2.05, 4.69) is 31.3 Å². The van der Waals surface area contributed by atoms with E-state index in [-0.39, 0.29) is 11.9 Å². The number of nitro groups is 1. The van der Waals surface area contributed by atoms with Crippen LogP contribution in [0, 0.1) is 10.1 Å². The zero-order chi connectivity index (χ0) is 17.3. The number of ether oxygens (including phenoxy) is 1. The van der Waals surface area contributed by atoms with Gasteiger partial charge in [0.1, 0.15) is 11.9 Å². The summed E-state index contributed by atoms with van der Waals surface area (Å²) in [6.45, 7) is 1.97. The summed E-state index contributed by atoms with van der Waals surface area (Å²) >= 11 is 3.46. The molecule has 124 valence electrons. The second-order valence-corrected chi connectivity index (χ2v) is 5.98. The number of nitrogens with one attached hydrogen (secondary N) is 1. The van der Waals surface area contributed by atoms with Crippen LogP contribution in [0.15, 0.2) is 41.0 Å². The summed E-state index contributed by atoms with van der Waals surface area (Å²) in [4.78, 5) is 14.4. The number of methoxy groups -OCH3 is 1. The minimum atomic E-state index is -0.513. The lowest BCUT2D eigenvalue weighted by Gasteiger charge is -2.15. The van der Waals surface area contributed by atoms with Crippen LogP contribution in [0.1, 0.15) is 18.5 Å². The highest BCUT2D eigenvalue weighted by Gasteiger charge is 2.17. The molecule has 0 radical (unpaired) electrons. The maximum Gasteiger partial charge on any atom is 0.368 e. The van der Waals surface area contributed by atoms with Crippen molar-refractivity contribution >= 4 is 33.2 Å². The van der Waals surface area contributed by atoms with Crippen LogP contribution in [0.5, 0.6) is 5.75 Å². The smallest absolute Gasteiger partial charge is 0.368 e. The Morgan fingerprint density at radius 3 is 2.83 bits per heavy atom. The number of nitrogens with zero attached hydrogens (tertiary/aromatic N) is 4. The molecule has 3 rings (SSSR count). The van der Waals surface area contributed by atoms with Gasteiger partial charge in [-0.15, -0.1) is 0 Å². The maximum atomic E-state index is 11.0. The first-order valence-corrected chi connectivity index (χ1v) is 7.88. The zero-order valence-electron chi connectivity index (χ0n) is 12.9. The van der Waals surface area contributed by atoms with Gasteiger partial charge < -0.3 is 20.2 Å². The minimum absolute atomic E-state index is 0.0558. The standard InChI is InChI=1S/C15H14BrN5O3/c1-9(10-3-4-12(24-2)11(16)7-10)18-13-5-6-14-17-8-15(21(22)23)20(14)19-13/h3-9H,1-2H3,(H,18,19). The fraction of sp³-hybridized carbons (Fsp3) is 0.200. The number of hydrogen-bond acceptors (Lipinski definition) is 6. The van der Waals surface area contributed by atoms with Gasteiger partial charge >= 0.3 is 5.82 Å². The van der Waals surface area contributed by atoms with Crippen LogP contribution in [0.25, 0.3) is 5.65 Å². The van der Waals surface area contributed by atoms with Gasteiger partial charge in [0.05, 0.1) is 17.6 Å². The van der Waals surface area contributed by atoms with Gasteiger partial charge in [0.25, 0.3) is 0 Å². The minimum Gasteiger partial charge on any atom is -0.496 e. The van der Waals surface area contributed by atoms with Crippen molar-refractivity contribution in [3.05, 3.63) is 56.7 Å². The molecule has 0 bridgehead atoms. The first-order chi connectivity index (χ1) is 11.5. The number of halogens is 1. The SMILES string of the molecule is COc1ccc(C(C)Nc2ccc3ncc([N+](=O)[O-])n3n2)cc1Br. The van der Waals surface area contributed by atoms with Gasteiger partial charge in [-0.2, -0.15) is 0 Å². The Kier molecular flexibility index (Phi) is 4.34. The molecular weight excluding hydrogens is 378 g/mol. The van der Waals surface area contributed by atoms with Crippen LogP contribution in [-0.2, 0) is 0 Å². The lowest BCUT2D eigenvalue weighted by Crippen LogP contribution is -2.10. The Morgan fingerprint density at radius 1 is 1.38 bits per heavy atom.